The molecule has 3 aromatic rings. The van der Waals surface area contributed by atoms with E-state index in [2.05, 4.69) is 20.3 Å². The third-order valence-corrected chi connectivity index (χ3v) is 3.47. The van der Waals surface area contributed by atoms with Gasteiger partial charge in [0, 0.05) is 5.69 Å². The number of hydrogen-bond acceptors (Lipinski definition) is 8. The number of ether oxygens (including phenoxy) is 2. The Hall–Kier alpha value is -3.68. The van der Waals surface area contributed by atoms with Crippen LogP contribution in [0.4, 0.5) is 17.6 Å². The van der Waals surface area contributed by atoms with Gasteiger partial charge in [-0.05, 0) is 31.2 Å². The molecule has 0 unspecified atom stereocenters. The van der Waals surface area contributed by atoms with Gasteiger partial charge in [0.05, 0.1) is 0 Å². The van der Waals surface area contributed by atoms with Crippen molar-refractivity contribution < 1.29 is 14.3 Å². The Balaban J connectivity index is 1.55. The molecule has 0 amide bonds. The topological polar surface area (TPSA) is 112 Å². The molecule has 1 heterocycles. The van der Waals surface area contributed by atoms with Crippen molar-refractivity contribution in [2.24, 2.45) is 0 Å². The van der Waals surface area contributed by atoms with Crippen LogP contribution < -0.4 is 15.8 Å². The minimum absolute atomic E-state index is 0.0335. The number of hydrogen-bond donors (Lipinski definition) is 2. The van der Waals surface area contributed by atoms with Crippen LogP contribution in [0.1, 0.15) is 11.4 Å². The summed E-state index contributed by atoms with van der Waals surface area (Å²) >= 11 is 0. The smallest absolute Gasteiger partial charge is 0.344 e. The van der Waals surface area contributed by atoms with Crippen molar-refractivity contribution in [2.75, 3.05) is 17.7 Å². The van der Waals surface area contributed by atoms with Gasteiger partial charge in [0.2, 0.25) is 11.9 Å². The molecule has 3 N–H and O–H groups in total. The number of aryl methyl sites for hydroxylation is 1. The summed E-state index contributed by atoms with van der Waals surface area (Å²) in [6, 6.07) is 16.7. The molecule has 0 fully saturated rings. The van der Waals surface area contributed by atoms with Gasteiger partial charge in [0.1, 0.15) is 5.75 Å². The number of para-hydroxylation sites is 1. The Bertz CT molecular complexity index is 901. The minimum atomic E-state index is -0.536. The summed E-state index contributed by atoms with van der Waals surface area (Å²) in [7, 11) is 0. The molecule has 0 saturated heterocycles. The molecule has 0 saturated carbocycles. The fraction of sp³-hybridized carbons (Fsp3) is 0.158. The fourth-order valence-corrected chi connectivity index (χ4v) is 2.17. The summed E-state index contributed by atoms with van der Waals surface area (Å²) in [5.74, 6) is 0.601. The summed E-state index contributed by atoms with van der Waals surface area (Å²) in [5, 5.41) is 3.04. The highest BCUT2D eigenvalue weighted by Gasteiger charge is 2.09. The monoisotopic (exact) mass is 365 g/mol. The normalized spacial score (nSPS) is 10.3. The molecule has 3 rings (SSSR count). The van der Waals surface area contributed by atoms with Crippen LogP contribution in [0.5, 0.6) is 5.75 Å². The van der Waals surface area contributed by atoms with E-state index in [9.17, 15) is 4.79 Å². The van der Waals surface area contributed by atoms with E-state index in [0.29, 0.717) is 5.75 Å². The number of nitrogens with one attached hydrogen (secondary N) is 1. The number of esters is 1. The molecule has 2 aromatic carbocycles. The van der Waals surface area contributed by atoms with Crippen LogP contribution in [0.2, 0.25) is 0 Å². The largest absolute Gasteiger partial charge is 0.482 e. The Morgan fingerprint density at radius 2 is 1.78 bits per heavy atom. The number of rotatable bonds is 7. The zero-order chi connectivity index (χ0) is 19.1. The second-order valence-corrected chi connectivity index (χ2v) is 5.69. The van der Waals surface area contributed by atoms with Crippen LogP contribution >= 0.6 is 0 Å². The maximum Gasteiger partial charge on any atom is 0.344 e. The molecule has 1 aromatic heterocycles. The second-order valence-electron chi connectivity index (χ2n) is 5.69. The van der Waals surface area contributed by atoms with E-state index in [1.165, 1.54) is 0 Å². The first kappa shape index (κ1) is 18.1. The molecule has 138 valence electrons. The molecule has 0 aliphatic rings. The van der Waals surface area contributed by atoms with Crippen LogP contribution in [0.15, 0.2) is 54.6 Å². The predicted octanol–water partition coefficient (Wildman–Crippen LogP) is 2.63. The predicted molar refractivity (Wildman–Crippen MR) is 100 cm³/mol. The molecular formula is C19H19N5O3. The molecule has 8 nitrogen and oxygen atoms in total. The molecule has 0 aliphatic heterocycles. The number of carbonyl (C=O) groups is 1. The van der Waals surface area contributed by atoms with Gasteiger partial charge < -0.3 is 20.5 Å². The molecule has 0 bridgehead atoms. The highest BCUT2D eigenvalue weighted by molar-refractivity contribution is 5.71. The van der Waals surface area contributed by atoms with E-state index in [4.69, 9.17) is 15.2 Å². The third-order valence-electron chi connectivity index (χ3n) is 3.47. The molecule has 0 spiro atoms. The maximum atomic E-state index is 11.8. The zero-order valence-corrected chi connectivity index (χ0v) is 14.8. The SMILES string of the molecule is Cc1ccc(Nc2nc(N)nc(COC(=O)COc3ccccc3)n2)cc1. The van der Waals surface area contributed by atoms with Gasteiger partial charge in [-0.15, -0.1) is 0 Å². The van der Waals surface area contributed by atoms with Crippen LogP contribution in [0.25, 0.3) is 0 Å². The van der Waals surface area contributed by atoms with Crippen molar-refractivity contribution in [1.82, 2.24) is 15.0 Å². The first-order chi connectivity index (χ1) is 13.1. The van der Waals surface area contributed by atoms with Crippen molar-refractivity contribution in [2.45, 2.75) is 13.5 Å². The molecule has 0 atom stereocenters. The van der Waals surface area contributed by atoms with Crippen LogP contribution in [0.3, 0.4) is 0 Å². The number of carbonyl (C=O) groups excluding carboxylic acids is 1. The van der Waals surface area contributed by atoms with E-state index in [-0.39, 0.29) is 30.9 Å². The molecule has 0 aliphatic carbocycles. The van der Waals surface area contributed by atoms with E-state index in [1.807, 2.05) is 49.4 Å². The summed E-state index contributed by atoms with van der Waals surface area (Å²) < 4.78 is 10.5. The summed E-state index contributed by atoms with van der Waals surface area (Å²) in [6.45, 7) is 1.66. The lowest BCUT2D eigenvalue weighted by Gasteiger charge is -2.09. The maximum absolute atomic E-state index is 11.8. The van der Waals surface area contributed by atoms with Gasteiger partial charge in [-0.3, -0.25) is 0 Å². The minimum Gasteiger partial charge on any atom is -0.482 e. The Morgan fingerprint density at radius 1 is 1.04 bits per heavy atom. The lowest BCUT2D eigenvalue weighted by Crippen LogP contribution is -2.16. The van der Waals surface area contributed by atoms with Crippen molar-refractivity contribution >= 4 is 23.6 Å². The quantitative estimate of drug-likeness (QED) is 0.615. The number of nitrogens with two attached hydrogens (primary N) is 1. The number of aromatic nitrogens is 3. The number of anilines is 3. The van der Waals surface area contributed by atoms with Gasteiger partial charge in [0.15, 0.2) is 19.0 Å². The fourth-order valence-electron chi connectivity index (χ4n) is 2.17. The number of nitrogens with zero attached hydrogens (tertiary/aromatic N) is 3. The Labute approximate surface area is 156 Å². The molecule has 8 heteroatoms. The van der Waals surface area contributed by atoms with Gasteiger partial charge in [0.25, 0.3) is 0 Å². The van der Waals surface area contributed by atoms with Crippen LogP contribution in [-0.2, 0) is 16.1 Å². The summed E-state index contributed by atoms with van der Waals surface area (Å²) in [5.41, 5.74) is 7.66. The van der Waals surface area contributed by atoms with Crippen molar-refractivity contribution in [3.05, 3.63) is 66.0 Å². The van der Waals surface area contributed by atoms with Gasteiger partial charge in [-0.25, -0.2) is 4.79 Å². The van der Waals surface area contributed by atoms with Crippen molar-refractivity contribution in [1.29, 1.82) is 0 Å². The highest BCUT2D eigenvalue weighted by Crippen LogP contribution is 2.14. The number of benzene rings is 2. The number of nitrogen functional groups attached to an aromatic ring is 1. The third kappa shape index (κ3) is 5.67. The first-order valence-electron chi connectivity index (χ1n) is 8.26. The van der Waals surface area contributed by atoms with E-state index in [1.54, 1.807) is 12.1 Å². The van der Waals surface area contributed by atoms with E-state index < -0.39 is 5.97 Å². The van der Waals surface area contributed by atoms with Gasteiger partial charge in [-0.2, -0.15) is 15.0 Å². The molecule has 27 heavy (non-hydrogen) atoms. The lowest BCUT2D eigenvalue weighted by atomic mass is 10.2. The summed E-state index contributed by atoms with van der Waals surface area (Å²) in [4.78, 5) is 24.0. The molecular weight excluding hydrogens is 346 g/mol. The Kier molecular flexibility index (Phi) is 5.78. The Morgan fingerprint density at radius 3 is 2.52 bits per heavy atom. The first-order valence-corrected chi connectivity index (χ1v) is 8.26. The van der Waals surface area contributed by atoms with Crippen LogP contribution in [0, 0.1) is 6.92 Å². The highest BCUT2D eigenvalue weighted by atomic mass is 16.6. The summed E-state index contributed by atoms with van der Waals surface area (Å²) in [6.07, 6.45) is 0. The van der Waals surface area contributed by atoms with Crippen molar-refractivity contribution in [3.8, 4) is 5.75 Å². The average molecular weight is 365 g/mol. The molecule has 0 radical (unpaired) electrons. The van der Waals surface area contributed by atoms with Gasteiger partial charge >= 0.3 is 5.97 Å². The average Bonchev–Trinajstić information content (AvgIpc) is 2.67. The van der Waals surface area contributed by atoms with Crippen LogP contribution in [-0.4, -0.2) is 27.5 Å². The van der Waals surface area contributed by atoms with Crippen molar-refractivity contribution in [3.63, 3.8) is 0 Å². The van der Waals surface area contributed by atoms with E-state index in [0.717, 1.165) is 11.3 Å². The second kappa shape index (κ2) is 8.61. The van der Waals surface area contributed by atoms with E-state index >= 15 is 0 Å². The zero-order valence-electron chi connectivity index (χ0n) is 14.8. The lowest BCUT2D eigenvalue weighted by molar-refractivity contribution is -0.147. The van der Waals surface area contributed by atoms with Gasteiger partial charge in [-0.1, -0.05) is 35.9 Å². The standard InChI is InChI=1S/C19H19N5O3/c1-13-7-9-14(10-8-13)21-19-23-16(22-18(20)24-19)11-27-17(25)12-26-15-5-3-2-4-6-15/h2-10H,11-12H2,1H3,(H3,20,21,22,23,24).